The van der Waals surface area contributed by atoms with Crippen molar-refractivity contribution in [3.8, 4) is 0 Å². The van der Waals surface area contributed by atoms with Gasteiger partial charge in [0.25, 0.3) is 16.4 Å². The number of aromatic nitrogens is 1. The molecule has 0 radical (unpaired) electrons. The van der Waals surface area contributed by atoms with E-state index in [9.17, 15) is 17.2 Å². The van der Waals surface area contributed by atoms with Crippen molar-refractivity contribution in [2.24, 2.45) is 5.14 Å². The van der Waals surface area contributed by atoms with Gasteiger partial charge in [-0.3, -0.25) is 0 Å². The number of hydrogen-bond donors (Lipinski definition) is 1. The van der Waals surface area contributed by atoms with Crippen molar-refractivity contribution in [1.29, 1.82) is 0 Å². The van der Waals surface area contributed by atoms with Crippen LogP contribution in [0.1, 0.15) is 12.0 Å². The molecule has 0 aliphatic carbocycles. The van der Waals surface area contributed by atoms with E-state index in [4.69, 9.17) is 16.7 Å². The summed E-state index contributed by atoms with van der Waals surface area (Å²) < 4.78 is 46.5. The molecule has 0 unspecified atom stereocenters. The number of sulfonamides is 1. The van der Waals surface area contributed by atoms with Crippen LogP contribution in [0.15, 0.2) is 11.2 Å². The maximum absolute atomic E-state index is 12.3. The molecule has 0 amide bonds. The lowest BCUT2D eigenvalue weighted by Gasteiger charge is -2.07. The number of rotatable bonds is 2. The Bertz CT molecular complexity index is 494. The van der Waals surface area contributed by atoms with Crippen molar-refractivity contribution in [2.45, 2.75) is 11.5 Å². The molecule has 0 spiro atoms. The van der Waals surface area contributed by atoms with E-state index in [1.54, 1.807) is 0 Å². The SMILES string of the molecule is NS(=O)(=O)c1ncc(C(F)F)c(Cl)c1I. The molecular formula is C6H4ClF2IN2O2S. The van der Waals surface area contributed by atoms with Crippen LogP contribution in [0.4, 0.5) is 8.78 Å². The number of halogens is 4. The summed E-state index contributed by atoms with van der Waals surface area (Å²) in [7, 11) is -4.05. The molecule has 0 saturated heterocycles. The second-order valence-electron chi connectivity index (χ2n) is 2.49. The van der Waals surface area contributed by atoms with Gasteiger partial charge >= 0.3 is 0 Å². The van der Waals surface area contributed by atoms with Crippen LogP contribution in [0.25, 0.3) is 0 Å². The van der Waals surface area contributed by atoms with Gasteiger partial charge in [-0.1, -0.05) is 11.6 Å². The van der Waals surface area contributed by atoms with Crippen LogP contribution < -0.4 is 5.14 Å². The Morgan fingerprint density at radius 3 is 2.47 bits per heavy atom. The fraction of sp³-hybridized carbons (Fsp3) is 0.167. The fourth-order valence-corrected chi connectivity index (χ4v) is 3.01. The Kier molecular flexibility index (Phi) is 3.85. The van der Waals surface area contributed by atoms with E-state index in [0.717, 1.165) is 0 Å². The molecule has 84 valence electrons. The first-order valence-corrected chi connectivity index (χ1v) is 6.40. The van der Waals surface area contributed by atoms with Crippen LogP contribution in [-0.2, 0) is 10.0 Å². The zero-order chi connectivity index (χ0) is 11.8. The van der Waals surface area contributed by atoms with Crippen LogP contribution in [-0.4, -0.2) is 13.4 Å². The van der Waals surface area contributed by atoms with E-state index < -0.39 is 27.0 Å². The topological polar surface area (TPSA) is 73.1 Å². The summed E-state index contributed by atoms with van der Waals surface area (Å²) in [6.45, 7) is 0. The largest absolute Gasteiger partial charge is 0.266 e. The lowest BCUT2D eigenvalue weighted by atomic mass is 10.3. The number of nitrogens with two attached hydrogens (primary N) is 1. The highest BCUT2D eigenvalue weighted by Crippen LogP contribution is 2.32. The van der Waals surface area contributed by atoms with Crippen LogP contribution in [0, 0.1) is 3.57 Å². The molecule has 0 saturated carbocycles. The molecular weight excluding hydrogens is 364 g/mol. The first-order chi connectivity index (χ1) is 6.75. The zero-order valence-electron chi connectivity index (χ0n) is 6.92. The van der Waals surface area contributed by atoms with E-state index in [1.807, 2.05) is 0 Å². The van der Waals surface area contributed by atoms with E-state index >= 15 is 0 Å². The summed E-state index contributed by atoms with van der Waals surface area (Å²) in [4.78, 5) is 3.35. The molecule has 0 fully saturated rings. The lowest BCUT2D eigenvalue weighted by molar-refractivity contribution is 0.151. The highest BCUT2D eigenvalue weighted by molar-refractivity contribution is 14.1. The predicted octanol–water partition coefficient (Wildman–Crippen LogP) is 1.92. The van der Waals surface area contributed by atoms with Gasteiger partial charge in [-0.05, 0) is 22.6 Å². The normalized spacial score (nSPS) is 12.1. The summed E-state index contributed by atoms with van der Waals surface area (Å²) in [5.74, 6) is 0. The molecule has 0 aliphatic heterocycles. The van der Waals surface area contributed by atoms with Crippen molar-refractivity contribution < 1.29 is 17.2 Å². The minimum absolute atomic E-state index is 0.102. The highest BCUT2D eigenvalue weighted by atomic mass is 127. The monoisotopic (exact) mass is 368 g/mol. The van der Waals surface area contributed by atoms with Gasteiger partial charge in [0.2, 0.25) is 0 Å². The molecule has 1 aromatic heterocycles. The van der Waals surface area contributed by atoms with Gasteiger partial charge in [-0.15, -0.1) is 0 Å². The molecule has 2 N–H and O–H groups in total. The average Bonchev–Trinajstić information content (AvgIpc) is 2.06. The van der Waals surface area contributed by atoms with Crippen LogP contribution >= 0.6 is 34.2 Å². The molecule has 0 bridgehead atoms. The fourth-order valence-electron chi connectivity index (χ4n) is 0.813. The van der Waals surface area contributed by atoms with Gasteiger partial charge in [0.1, 0.15) is 0 Å². The van der Waals surface area contributed by atoms with Crippen molar-refractivity contribution in [1.82, 2.24) is 4.98 Å². The Balaban J connectivity index is 3.48. The maximum atomic E-state index is 12.3. The predicted molar refractivity (Wildman–Crippen MR) is 58.3 cm³/mol. The Morgan fingerprint density at radius 1 is 1.53 bits per heavy atom. The number of primary sulfonamides is 1. The van der Waals surface area contributed by atoms with E-state index in [1.165, 1.54) is 22.6 Å². The van der Waals surface area contributed by atoms with Gasteiger partial charge in [0, 0.05) is 6.20 Å². The van der Waals surface area contributed by atoms with Gasteiger partial charge < -0.3 is 0 Å². The van der Waals surface area contributed by atoms with E-state index in [2.05, 4.69) is 4.98 Å². The molecule has 9 heteroatoms. The first-order valence-electron chi connectivity index (χ1n) is 3.40. The van der Waals surface area contributed by atoms with Crippen LogP contribution in [0.2, 0.25) is 5.02 Å². The summed E-state index contributed by atoms with van der Waals surface area (Å²) in [6.07, 6.45) is -2.11. The van der Waals surface area contributed by atoms with Gasteiger partial charge in [0.15, 0.2) is 5.03 Å². The number of nitrogens with zero attached hydrogens (tertiary/aromatic N) is 1. The average molecular weight is 369 g/mol. The Labute approximate surface area is 103 Å². The van der Waals surface area contributed by atoms with E-state index in [0.29, 0.717) is 6.20 Å². The molecule has 1 aromatic rings. The molecule has 0 aliphatic rings. The molecule has 1 rings (SSSR count). The Morgan fingerprint density at radius 2 is 2.07 bits per heavy atom. The second kappa shape index (κ2) is 4.44. The highest BCUT2D eigenvalue weighted by Gasteiger charge is 2.22. The second-order valence-corrected chi connectivity index (χ2v) is 5.43. The summed E-state index contributed by atoms with van der Waals surface area (Å²) in [5, 5.41) is 3.97. The maximum Gasteiger partial charge on any atom is 0.266 e. The zero-order valence-corrected chi connectivity index (χ0v) is 10.6. The minimum atomic E-state index is -4.05. The number of hydrogen-bond acceptors (Lipinski definition) is 3. The molecule has 0 aromatic carbocycles. The van der Waals surface area contributed by atoms with E-state index in [-0.39, 0.29) is 8.59 Å². The first kappa shape index (κ1) is 13.0. The summed E-state index contributed by atoms with van der Waals surface area (Å²) >= 11 is 7.05. The molecule has 1 heterocycles. The smallest absolute Gasteiger partial charge is 0.242 e. The van der Waals surface area contributed by atoms with Crippen molar-refractivity contribution >= 4 is 44.2 Å². The third-order valence-corrected chi connectivity index (χ3v) is 4.45. The third kappa shape index (κ3) is 2.74. The lowest BCUT2D eigenvalue weighted by Crippen LogP contribution is -2.16. The van der Waals surface area contributed by atoms with Crippen molar-refractivity contribution in [2.75, 3.05) is 0 Å². The number of alkyl halides is 2. The molecule has 0 atom stereocenters. The summed E-state index contributed by atoms with van der Waals surface area (Å²) in [6, 6.07) is 0. The van der Waals surface area contributed by atoms with Gasteiger partial charge in [0.05, 0.1) is 14.2 Å². The number of pyridine rings is 1. The van der Waals surface area contributed by atoms with Crippen molar-refractivity contribution in [3.63, 3.8) is 0 Å². The quantitative estimate of drug-likeness (QED) is 0.811. The minimum Gasteiger partial charge on any atom is -0.242 e. The van der Waals surface area contributed by atoms with Gasteiger partial charge in [-0.2, -0.15) is 0 Å². The van der Waals surface area contributed by atoms with Crippen molar-refractivity contribution in [3.05, 3.63) is 20.4 Å². The standard InChI is InChI=1S/C6H4ClF2IN2O2S/c7-3-2(5(8)9)1-12-6(4(3)10)15(11,13)14/h1,5H,(H2,11,13,14). The molecule has 4 nitrogen and oxygen atoms in total. The Hall–Kier alpha value is -0.0600. The van der Waals surface area contributed by atoms with Gasteiger partial charge in [-0.25, -0.2) is 27.3 Å². The summed E-state index contributed by atoms with van der Waals surface area (Å²) in [5.41, 5.74) is -0.520. The third-order valence-electron chi connectivity index (χ3n) is 1.46. The van der Waals surface area contributed by atoms with Crippen LogP contribution in [0.3, 0.4) is 0 Å². The molecule has 15 heavy (non-hydrogen) atoms. The van der Waals surface area contributed by atoms with Crippen LogP contribution in [0.5, 0.6) is 0 Å².